The quantitative estimate of drug-likeness (QED) is 0.662. The molecule has 0 aliphatic rings. The van der Waals surface area contributed by atoms with E-state index in [0.29, 0.717) is 0 Å². The lowest BCUT2D eigenvalue weighted by Crippen LogP contribution is -2.14. The Labute approximate surface area is 69.9 Å². The molecule has 0 saturated carbocycles. The van der Waals surface area contributed by atoms with Gasteiger partial charge in [-0.2, -0.15) is 0 Å². The molecule has 0 saturated heterocycles. The largest absolute Gasteiger partial charge is 0.383 e. The minimum Gasteiger partial charge on any atom is -0.383 e. The molecule has 0 radical (unpaired) electrons. The smallest absolute Gasteiger partial charge is 0.252 e. The number of anilines is 1. The van der Waals surface area contributed by atoms with Crippen molar-refractivity contribution in [3.8, 4) is 0 Å². The zero-order chi connectivity index (χ0) is 9.14. The summed E-state index contributed by atoms with van der Waals surface area (Å²) in [5, 5.41) is 0. The topological polar surface area (TPSA) is 82.0 Å². The molecule has 0 aliphatic carbocycles. The second kappa shape index (κ2) is 3.04. The van der Waals surface area contributed by atoms with Crippen molar-refractivity contribution in [1.29, 1.82) is 0 Å². The third kappa shape index (κ3) is 1.42. The van der Waals surface area contributed by atoms with Gasteiger partial charge in [0.25, 0.3) is 5.91 Å². The Morgan fingerprint density at radius 3 is 2.83 bits per heavy atom. The first-order valence-corrected chi connectivity index (χ1v) is 3.33. The molecule has 0 bridgehead atoms. The highest BCUT2D eigenvalue weighted by Gasteiger charge is 2.06. The van der Waals surface area contributed by atoms with Crippen LogP contribution in [0.3, 0.4) is 0 Å². The molecule has 0 aliphatic heterocycles. The molecular formula is C8H9N3O. The minimum atomic E-state index is -0.580. The monoisotopic (exact) mass is 163 g/mol. The number of hydrogen-bond donors (Lipinski definition) is 2. The Morgan fingerprint density at radius 1 is 1.67 bits per heavy atom. The van der Waals surface area contributed by atoms with Crippen LogP contribution in [0.15, 0.2) is 18.8 Å². The van der Waals surface area contributed by atoms with E-state index in [1.54, 1.807) is 12.1 Å². The predicted octanol–water partition coefficient (Wildman–Crippen LogP) is 0.406. The highest BCUT2D eigenvalue weighted by atomic mass is 16.1. The van der Waals surface area contributed by atoms with Crippen LogP contribution in [0.2, 0.25) is 0 Å². The van der Waals surface area contributed by atoms with Crippen molar-refractivity contribution in [3.63, 3.8) is 0 Å². The molecule has 4 heteroatoms. The maximum Gasteiger partial charge on any atom is 0.252 e. The lowest BCUT2D eigenvalue weighted by atomic mass is 10.2. The summed E-state index contributed by atoms with van der Waals surface area (Å²) in [4.78, 5) is 14.5. The van der Waals surface area contributed by atoms with E-state index in [0.717, 1.165) is 5.56 Å². The van der Waals surface area contributed by atoms with Gasteiger partial charge < -0.3 is 11.5 Å². The van der Waals surface area contributed by atoms with E-state index < -0.39 is 5.91 Å². The van der Waals surface area contributed by atoms with Crippen LogP contribution in [-0.4, -0.2) is 10.9 Å². The van der Waals surface area contributed by atoms with Crippen LogP contribution in [-0.2, 0) is 0 Å². The molecule has 1 aromatic heterocycles. The van der Waals surface area contributed by atoms with Gasteiger partial charge in [0.05, 0.1) is 5.56 Å². The number of nitrogens with two attached hydrogens (primary N) is 2. The molecule has 1 aromatic rings. The Morgan fingerprint density at radius 2 is 2.33 bits per heavy atom. The van der Waals surface area contributed by atoms with Crippen LogP contribution in [0.5, 0.6) is 0 Å². The first-order valence-electron chi connectivity index (χ1n) is 3.33. The molecular weight excluding hydrogens is 154 g/mol. The van der Waals surface area contributed by atoms with Crippen LogP contribution in [0.25, 0.3) is 6.08 Å². The number of pyridine rings is 1. The van der Waals surface area contributed by atoms with Gasteiger partial charge in [0.2, 0.25) is 0 Å². The van der Waals surface area contributed by atoms with Gasteiger partial charge in [-0.1, -0.05) is 12.7 Å². The maximum absolute atomic E-state index is 10.8. The molecule has 0 spiro atoms. The zero-order valence-electron chi connectivity index (χ0n) is 6.45. The fourth-order valence-corrected chi connectivity index (χ4v) is 0.800. The van der Waals surface area contributed by atoms with E-state index in [-0.39, 0.29) is 11.4 Å². The Kier molecular flexibility index (Phi) is 2.09. The van der Waals surface area contributed by atoms with Crippen molar-refractivity contribution in [2.75, 3.05) is 5.73 Å². The molecule has 1 heterocycles. The summed E-state index contributed by atoms with van der Waals surface area (Å²) >= 11 is 0. The summed E-state index contributed by atoms with van der Waals surface area (Å²) in [7, 11) is 0. The van der Waals surface area contributed by atoms with Gasteiger partial charge in [-0.15, -0.1) is 0 Å². The van der Waals surface area contributed by atoms with Crippen LogP contribution in [0, 0.1) is 0 Å². The third-order valence-corrected chi connectivity index (χ3v) is 1.44. The van der Waals surface area contributed by atoms with Gasteiger partial charge >= 0.3 is 0 Å². The van der Waals surface area contributed by atoms with Crippen molar-refractivity contribution in [2.24, 2.45) is 5.73 Å². The third-order valence-electron chi connectivity index (χ3n) is 1.44. The summed E-state index contributed by atoms with van der Waals surface area (Å²) in [6.45, 7) is 3.53. The molecule has 0 fully saturated rings. The van der Waals surface area contributed by atoms with Gasteiger partial charge in [0.15, 0.2) is 0 Å². The molecule has 12 heavy (non-hydrogen) atoms. The number of aromatic nitrogens is 1. The van der Waals surface area contributed by atoms with Crippen molar-refractivity contribution < 1.29 is 4.79 Å². The molecule has 4 nitrogen and oxygen atoms in total. The van der Waals surface area contributed by atoms with Gasteiger partial charge in [-0.25, -0.2) is 4.98 Å². The highest BCUT2D eigenvalue weighted by molar-refractivity contribution is 5.97. The summed E-state index contributed by atoms with van der Waals surface area (Å²) in [5.74, 6) is -0.434. The second-order valence-electron chi connectivity index (χ2n) is 2.27. The minimum absolute atomic E-state index is 0.146. The number of carbonyl (C=O) groups excluding carboxylic acids is 1. The normalized spacial score (nSPS) is 9.33. The molecule has 0 aromatic carbocycles. The average molecular weight is 163 g/mol. The van der Waals surface area contributed by atoms with Gasteiger partial charge in [0.1, 0.15) is 5.82 Å². The van der Waals surface area contributed by atoms with Crippen molar-refractivity contribution in [3.05, 3.63) is 30.0 Å². The van der Waals surface area contributed by atoms with Crippen LogP contribution < -0.4 is 11.5 Å². The lowest BCUT2D eigenvalue weighted by Gasteiger charge is -2.00. The molecule has 1 rings (SSSR count). The molecule has 4 N–H and O–H groups in total. The van der Waals surface area contributed by atoms with E-state index in [9.17, 15) is 4.79 Å². The first-order chi connectivity index (χ1) is 5.65. The number of rotatable bonds is 2. The number of hydrogen-bond acceptors (Lipinski definition) is 3. The highest BCUT2D eigenvalue weighted by Crippen LogP contribution is 2.10. The second-order valence-corrected chi connectivity index (χ2v) is 2.27. The number of nitrogen functional groups attached to an aromatic ring is 1. The van der Waals surface area contributed by atoms with E-state index in [2.05, 4.69) is 11.6 Å². The van der Waals surface area contributed by atoms with Gasteiger partial charge in [0, 0.05) is 6.20 Å². The van der Waals surface area contributed by atoms with Gasteiger partial charge in [-0.3, -0.25) is 4.79 Å². The Balaban J connectivity index is 3.25. The zero-order valence-corrected chi connectivity index (χ0v) is 6.45. The van der Waals surface area contributed by atoms with Crippen molar-refractivity contribution >= 4 is 17.8 Å². The SMILES string of the molecule is C=Cc1cnc(N)c(C(N)=O)c1. The molecule has 1 amide bonds. The van der Waals surface area contributed by atoms with E-state index in [1.807, 2.05) is 0 Å². The van der Waals surface area contributed by atoms with E-state index in [1.165, 1.54) is 6.20 Å². The van der Waals surface area contributed by atoms with Crippen LogP contribution in [0.4, 0.5) is 5.82 Å². The summed E-state index contributed by atoms with van der Waals surface area (Å²) in [6.07, 6.45) is 3.09. The first kappa shape index (κ1) is 8.26. The van der Waals surface area contributed by atoms with Crippen molar-refractivity contribution in [1.82, 2.24) is 4.98 Å². The lowest BCUT2D eigenvalue weighted by molar-refractivity contribution is 0.100. The molecule has 62 valence electrons. The summed E-state index contributed by atoms with van der Waals surface area (Å²) in [6, 6.07) is 1.55. The number of amides is 1. The van der Waals surface area contributed by atoms with Gasteiger partial charge in [-0.05, 0) is 11.6 Å². The fraction of sp³-hybridized carbons (Fsp3) is 0. The number of primary amides is 1. The van der Waals surface area contributed by atoms with Crippen LogP contribution in [0.1, 0.15) is 15.9 Å². The molecule has 0 atom stereocenters. The summed E-state index contributed by atoms with van der Waals surface area (Å²) < 4.78 is 0. The van der Waals surface area contributed by atoms with Crippen LogP contribution >= 0.6 is 0 Å². The average Bonchev–Trinajstić information content (AvgIpc) is 2.05. The standard InChI is InChI=1S/C8H9N3O/c1-2-5-3-6(8(10)12)7(9)11-4-5/h2-4H,1H2,(H2,9,11)(H2,10,12). The summed E-state index contributed by atoms with van der Waals surface area (Å²) in [5.41, 5.74) is 11.4. The van der Waals surface area contributed by atoms with Crippen molar-refractivity contribution in [2.45, 2.75) is 0 Å². The molecule has 0 unspecified atom stereocenters. The predicted molar refractivity (Wildman–Crippen MR) is 47.3 cm³/mol. The fourth-order valence-electron chi connectivity index (χ4n) is 0.800. The van der Waals surface area contributed by atoms with E-state index in [4.69, 9.17) is 11.5 Å². The number of carbonyl (C=O) groups is 1. The maximum atomic E-state index is 10.8. The Hall–Kier alpha value is -1.84. The van der Waals surface area contributed by atoms with E-state index >= 15 is 0 Å². The number of nitrogens with zero attached hydrogens (tertiary/aromatic N) is 1. The Bertz CT molecular complexity index is 333.